The van der Waals surface area contributed by atoms with Crippen LogP contribution in [0.3, 0.4) is 0 Å². The number of hydrogen-bond acceptors (Lipinski definition) is 4. The lowest BCUT2D eigenvalue weighted by Gasteiger charge is -2.24. The molecule has 1 unspecified atom stereocenters. The summed E-state index contributed by atoms with van der Waals surface area (Å²) in [7, 11) is 0. The van der Waals surface area contributed by atoms with Crippen LogP contribution in [-0.4, -0.2) is 34.1 Å². The molecular formula is C13H19N3OS2. The zero-order valence-corrected chi connectivity index (χ0v) is 13.1. The third-order valence-electron chi connectivity index (χ3n) is 3.41. The first-order valence-electron chi connectivity index (χ1n) is 6.52. The highest BCUT2D eigenvalue weighted by molar-refractivity contribution is 7.71. The fraction of sp³-hybridized carbons (Fsp3) is 0.538. The maximum absolute atomic E-state index is 12.5. The van der Waals surface area contributed by atoms with Gasteiger partial charge in [0.2, 0.25) is 0 Å². The zero-order chi connectivity index (χ0) is 14.0. The first-order valence-corrected chi connectivity index (χ1v) is 7.81. The van der Waals surface area contributed by atoms with Gasteiger partial charge in [-0.25, -0.2) is 0 Å². The Balaban J connectivity index is 2.44. The number of H-pyrrole nitrogens is 1. The van der Waals surface area contributed by atoms with Gasteiger partial charge in [0.15, 0.2) is 4.77 Å². The summed E-state index contributed by atoms with van der Waals surface area (Å²) in [4.78, 5) is 18.8. The van der Waals surface area contributed by atoms with E-state index in [9.17, 15) is 4.79 Å². The van der Waals surface area contributed by atoms with E-state index in [-0.39, 0.29) is 11.6 Å². The molecule has 0 saturated carbocycles. The van der Waals surface area contributed by atoms with E-state index in [0.29, 0.717) is 4.77 Å². The van der Waals surface area contributed by atoms with Crippen LogP contribution in [0.4, 0.5) is 0 Å². The standard InChI is InChI=1S/C13H19N3OS2/c1-4-15(5-2)8-9(3)16-12(17)10-6-7-19-11(10)14-13(16)18/h6-7,9H,4-5,8H2,1-3H3,(H,14,18). The SMILES string of the molecule is CCN(CC)CC(C)n1c(=S)[nH]c2sccc2c1=O. The fourth-order valence-electron chi connectivity index (χ4n) is 2.29. The molecule has 6 heteroatoms. The van der Waals surface area contributed by atoms with Gasteiger partial charge in [0, 0.05) is 12.6 Å². The Labute approximate surface area is 121 Å². The lowest BCUT2D eigenvalue weighted by molar-refractivity contribution is 0.257. The highest BCUT2D eigenvalue weighted by atomic mass is 32.1. The summed E-state index contributed by atoms with van der Waals surface area (Å²) in [6.45, 7) is 9.09. The van der Waals surface area contributed by atoms with Crippen molar-refractivity contribution in [3.63, 3.8) is 0 Å². The zero-order valence-electron chi connectivity index (χ0n) is 11.5. The molecule has 2 heterocycles. The van der Waals surface area contributed by atoms with Crippen molar-refractivity contribution in [2.45, 2.75) is 26.8 Å². The second-order valence-corrected chi connectivity index (χ2v) is 5.91. The summed E-state index contributed by atoms with van der Waals surface area (Å²) in [6, 6.07) is 1.93. The molecule has 0 aliphatic heterocycles. The first kappa shape index (κ1) is 14.4. The predicted molar refractivity (Wildman–Crippen MR) is 83.8 cm³/mol. The van der Waals surface area contributed by atoms with Gasteiger partial charge in [0.1, 0.15) is 4.83 Å². The summed E-state index contributed by atoms with van der Waals surface area (Å²) < 4.78 is 2.21. The highest BCUT2D eigenvalue weighted by Crippen LogP contribution is 2.16. The van der Waals surface area contributed by atoms with Crippen LogP contribution in [0.5, 0.6) is 0 Å². The Bertz CT molecular complexity index is 666. The molecule has 0 aliphatic rings. The maximum atomic E-state index is 12.5. The second kappa shape index (κ2) is 5.98. The summed E-state index contributed by atoms with van der Waals surface area (Å²) in [5, 5.41) is 2.64. The van der Waals surface area contributed by atoms with Crippen molar-refractivity contribution in [2.24, 2.45) is 0 Å². The largest absolute Gasteiger partial charge is 0.323 e. The Morgan fingerprint density at radius 1 is 1.47 bits per heavy atom. The number of aromatic nitrogens is 2. The van der Waals surface area contributed by atoms with Gasteiger partial charge in [-0.05, 0) is 43.7 Å². The molecule has 1 atom stereocenters. The number of fused-ring (bicyclic) bond motifs is 1. The van der Waals surface area contributed by atoms with Crippen LogP contribution in [0.15, 0.2) is 16.2 Å². The van der Waals surface area contributed by atoms with E-state index >= 15 is 0 Å². The van der Waals surface area contributed by atoms with Gasteiger partial charge in [-0.3, -0.25) is 9.36 Å². The van der Waals surface area contributed by atoms with Crippen molar-refractivity contribution in [3.8, 4) is 0 Å². The van der Waals surface area contributed by atoms with Crippen LogP contribution in [0.2, 0.25) is 0 Å². The van der Waals surface area contributed by atoms with Crippen LogP contribution < -0.4 is 5.56 Å². The highest BCUT2D eigenvalue weighted by Gasteiger charge is 2.14. The molecule has 104 valence electrons. The van der Waals surface area contributed by atoms with E-state index < -0.39 is 0 Å². The van der Waals surface area contributed by atoms with Gasteiger partial charge in [-0.1, -0.05) is 13.8 Å². The lowest BCUT2D eigenvalue weighted by atomic mass is 10.3. The molecule has 0 amide bonds. The molecule has 1 N–H and O–H groups in total. The third kappa shape index (κ3) is 2.80. The van der Waals surface area contributed by atoms with Gasteiger partial charge in [-0.15, -0.1) is 11.3 Å². The van der Waals surface area contributed by atoms with Crippen molar-refractivity contribution in [2.75, 3.05) is 19.6 Å². The van der Waals surface area contributed by atoms with E-state index in [2.05, 4.69) is 23.7 Å². The van der Waals surface area contributed by atoms with E-state index in [4.69, 9.17) is 12.2 Å². The van der Waals surface area contributed by atoms with Gasteiger partial charge < -0.3 is 9.88 Å². The van der Waals surface area contributed by atoms with Gasteiger partial charge >= 0.3 is 0 Å². The molecule has 2 aromatic heterocycles. The van der Waals surface area contributed by atoms with Crippen LogP contribution in [0, 0.1) is 4.77 Å². The molecule has 4 nitrogen and oxygen atoms in total. The minimum atomic E-state index is 0.0136. The Hall–Kier alpha value is -0.980. The summed E-state index contributed by atoms with van der Waals surface area (Å²) in [5.74, 6) is 0. The number of rotatable bonds is 5. The van der Waals surface area contributed by atoms with Crippen molar-refractivity contribution in [1.29, 1.82) is 0 Å². The summed E-state index contributed by atoms with van der Waals surface area (Å²) >= 11 is 6.84. The van der Waals surface area contributed by atoms with Crippen LogP contribution in [0.25, 0.3) is 10.2 Å². The van der Waals surface area contributed by atoms with Crippen LogP contribution >= 0.6 is 23.6 Å². The Morgan fingerprint density at radius 2 is 2.16 bits per heavy atom. The van der Waals surface area contributed by atoms with Gasteiger partial charge in [0.05, 0.1) is 5.39 Å². The first-order chi connectivity index (χ1) is 9.08. The number of nitrogens with one attached hydrogen (secondary N) is 1. The van der Waals surface area contributed by atoms with Crippen molar-refractivity contribution < 1.29 is 0 Å². The number of aromatic amines is 1. The van der Waals surface area contributed by atoms with Crippen molar-refractivity contribution in [1.82, 2.24) is 14.5 Å². The Morgan fingerprint density at radius 3 is 2.79 bits per heavy atom. The molecule has 0 radical (unpaired) electrons. The molecule has 0 fully saturated rings. The average Bonchev–Trinajstić information content (AvgIpc) is 2.84. The molecular weight excluding hydrogens is 278 g/mol. The predicted octanol–water partition coefficient (Wildman–Crippen LogP) is 3.02. The van der Waals surface area contributed by atoms with Crippen molar-refractivity contribution >= 4 is 33.8 Å². The van der Waals surface area contributed by atoms with Crippen molar-refractivity contribution in [3.05, 3.63) is 26.6 Å². The van der Waals surface area contributed by atoms with E-state index in [1.165, 1.54) is 11.3 Å². The van der Waals surface area contributed by atoms with Gasteiger partial charge in [0.25, 0.3) is 5.56 Å². The average molecular weight is 297 g/mol. The van der Waals surface area contributed by atoms with E-state index in [1.54, 1.807) is 4.57 Å². The summed E-state index contributed by atoms with van der Waals surface area (Å²) in [5.41, 5.74) is 0.0136. The topological polar surface area (TPSA) is 41.0 Å². The molecule has 0 aliphatic carbocycles. The number of hydrogen-bond donors (Lipinski definition) is 1. The van der Waals surface area contributed by atoms with E-state index in [0.717, 1.165) is 29.9 Å². The molecule has 0 bridgehead atoms. The fourth-order valence-corrected chi connectivity index (χ4v) is 3.50. The molecule has 0 aromatic carbocycles. The number of likely N-dealkylation sites (N-methyl/N-ethyl adjacent to an activating group) is 1. The van der Waals surface area contributed by atoms with Gasteiger partial charge in [-0.2, -0.15) is 0 Å². The minimum Gasteiger partial charge on any atom is -0.323 e. The number of nitrogens with zero attached hydrogens (tertiary/aromatic N) is 2. The molecule has 2 rings (SSSR count). The minimum absolute atomic E-state index is 0.0136. The lowest BCUT2D eigenvalue weighted by Crippen LogP contribution is -2.34. The van der Waals surface area contributed by atoms with Crippen LogP contribution in [0.1, 0.15) is 26.8 Å². The van der Waals surface area contributed by atoms with Crippen LogP contribution in [-0.2, 0) is 0 Å². The number of thiophene rings is 1. The van der Waals surface area contributed by atoms with E-state index in [1.807, 2.05) is 18.4 Å². The maximum Gasteiger partial charge on any atom is 0.263 e. The summed E-state index contributed by atoms with van der Waals surface area (Å²) in [6.07, 6.45) is 0. The molecule has 0 saturated heterocycles. The molecule has 19 heavy (non-hydrogen) atoms. The monoisotopic (exact) mass is 297 g/mol. The quantitative estimate of drug-likeness (QED) is 0.863. The smallest absolute Gasteiger partial charge is 0.263 e. The molecule has 2 aromatic rings. The normalized spacial score (nSPS) is 13.3. The third-order valence-corrected chi connectivity index (χ3v) is 4.54. The Kier molecular flexibility index (Phi) is 4.54. The second-order valence-electron chi connectivity index (χ2n) is 4.60. The molecule has 0 spiro atoms.